The standard InChI is InChI=1S/C15H9BF4O.K/c1-21-15-13(19)10(12(18)11(16)14(15)20)7-4-8-2-5-9(17)6-3-8;/h2-7H,1H3;/b7-4+;. The molecule has 0 aliphatic carbocycles. The molecule has 0 unspecified atom stereocenters. The molecule has 7 heteroatoms. The number of hydrogen-bond donors (Lipinski definition) is 0. The van der Waals surface area contributed by atoms with Crippen LogP contribution in [0.4, 0.5) is 17.6 Å². The van der Waals surface area contributed by atoms with Crippen molar-refractivity contribution < 1.29 is 22.3 Å². The van der Waals surface area contributed by atoms with Crippen molar-refractivity contribution in [2.24, 2.45) is 0 Å². The van der Waals surface area contributed by atoms with Gasteiger partial charge in [-0.1, -0.05) is 18.2 Å². The second kappa shape index (κ2) is 8.31. The van der Waals surface area contributed by atoms with E-state index in [0.29, 0.717) is 5.56 Å². The van der Waals surface area contributed by atoms with E-state index in [1.165, 1.54) is 30.3 Å². The molecule has 0 aliphatic heterocycles. The zero-order valence-electron chi connectivity index (χ0n) is 12.0. The first-order valence-electron chi connectivity index (χ1n) is 5.89. The molecule has 0 heterocycles. The van der Waals surface area contributed by atoms with Crippen LogP contribution in [0, 0.1) is 23.3 Å². The van der Waals surface area contributed by atoms with Crippen LogP contribution in [-0.2, 0) is 0 Å². The fraction of sp³-hybridized carbons (Fsp3) is 0.0667. The summed E-state index contributed by atoms with van der Waals surface area (Å²) in [6.07, 6.45) is 2.42. The summed E-state index contributed by atoms with van der Waals surface area (Å²) in [6.45, 7) is 0. The topological polar surface area (TPSA) is 9.23 Å². The minimum absolute atomic E-state index is 0. The first kappa shape index (κ1) is 19.4. The summed E-state index contributed by atoms with van der Waals surface area (Å²) in [5.41, 5.74) is -0.848. The Morgan fingerprint density at radius 2 is 1.50 bits per heavy atom. The Balaban J connectivity index is 0.00000242. The molecule has 0 saturated carbocycles. The van der Waals surface area contributed by atoms with Gasteiger partial charge >= 0.3 is 0 Å². The Kier molecular flexibility index (Phi) is 7.34. The third-order valence-electron chi connectivity index (χ3n) is 2.86. The molecule has 22 heavy (non-hydrogen) atoms. The Morgan fingerprint density at radius 1 is 0.909 bits per heavy atom. The molecule has 2 aromatic carbocycles. The number of methoxy groups -OCH3 is 1. The largest absolute Gasteiger partial charge is 0.491 e. The molecule has 0 aromatic heterocycles. The number of rotatable bonds is 3. The van der Waals surface area contributed by atoms with Crippen molar-refractivity contribution in [3.8, 4) is 5.75 Å². The summed E-state index contributed by atoms with van der Waals surface area (Å²) in [4.78, 5) is 0. The molecule has 0 spiro atoms. The quantitative estimate of drug-likeness (QED) is 0.477. The molecule has 3 radical (unpaired) electrons. The van der Waals surface area contributed by atoms with E-state index in [9.17, 15) is 17.6 Å². The van der Waals surface area contributed by atoms with Crippen molar-refractivity contribution in [2.75, 3.05) is 7.11 Å². The number of hydrogen-bond acceptors (Lipinski definition) is 1. The van der Waals surface area contributed by atoms with E-state index in [4.69, 9.17) is 7.85 Å². The Bertz CT molecular complexity index is 702. The van der Waals surface area contributed by atoms with E-state index in [1.807, 2.05) is 0 Å². The van der Waals surface area contributed by atoms with E-state index in [-0.39, 0.29) is 51.4 Å². The van der Waals surface area contributed by atoms with Crippen LogP contribution in [0.3, 0.4) is 0 Å². The van der Waals surface area contributed by atoms with Gasteiger partial charge in [0.15, 0.2) is 17.4 Å². The Morgan fingerprint density at radius 3 is 2.05 bits per heavy atom. The van der Waals surface area contributed by atoms with Crippen molar-refractivity contribution >= 4 is 76.8 Å². The minimum atomic E-state index is -1.29. The molecular formula is C15H9BF4KO. The van der Waals surface area contributed by atoms with Gasteiger partial charge in [0.25, 0.3) is 0 Å². The average Bonchev–Trinajstić information content (AvgIpc) is 2.47. The molecule has 0 atom stereocenters. The maximum Gasteiger partial charge on any atom is 0.190 e. The van der Waals surface area contributed by atoms with Gasteiger partial charge in [-0.3, -0.25) is 0 Å². The fourth-order valence-electron chi connectivity index (χ4n) is 1.76. The molecule has 2 rings (SSSR count). The van der Waals surface area contributed by atoms with Gasteiger partial charge in [-0.2, -0.15) is 0 Å². The first-order valence-corrected chi connectivity index (χ1v) is 5.89. The zero-order valence-corrected chi connectivity index (χ0v) is 15.1. The van der Waals surface area contributed by atoms with Crippen LogP contribution < -0.4 is 10.2 Å². The summed E-state index contributed by atoms with van der Waals surface area (Å²) >= 11 is 0. The van der Waals surface area contributed by atoms with Crippen molar-refractivity contribution in [2.45, 2.75) is 0 Å². The SMILES string of the molecule is [B]c1c(F)c(/C=C/c2ccc(F)cc2)c(F)c(OC)c1F.[K]. The third-order valence-corrected chi connectivity index (χ3v) is 2.86. The van der Waals surface area contributed by atoms with Crippen molar-refractivity contribution in [1.29, 1.82) is 0 Å². The molecular weight excluding hydrogens is 322 g/mol. The monoisotopic (exact) mass is 331 g/mol. The van der Waals surface area contributed by atoms with E-state index < -0.39 is 40.0 Å². The molecule has 107 valence electrons. The van der Waals surface area contributed by atoms with Crippen LogP contribution >= 0.6 is 0 Å². The second-order valence-corrected chi connectivity index (χ2v) is 4.19. The van der Waals surface area contributed by atoms with Crippen LogP contribution in [0.5, 0.6) is 5.75 Å². The Labute approximate surface area is 169 Å². The summed E-state index contributed by atoms with van der Waals surface area (Å²) < 4.78 is 58.6. The van der Waals surface area contributed by atoms with Crippen LogP contribution in [0.1, 0.15) is 11.1 Å². The first-order chi connectivity index (χ1) is 9.95. The van der Waals surface area contributed by atoms with Gasteiger partial charge in [0.2, 0.25) is 0 Å². The predicted molar refractivity (Wildman–Crippen MR) is 79.3 cm³/mol. The summed E-state index contributed by atoms with van der Waals surface area (Å²) in [7, 11) is 6.28. The van der Waals surface area contributed by atoms with Crippen LogP contribution in [0.25, 0.3) is 12.2 Å². The van der Waals surface area contributed by atoms with Gasteiger partial charge in [0.1, 0.15) is 19.5 Å². The van der Waals surface area contributed by atoms with Crippen molar-refractivity contribution in [3.05, 3.63) is 58.7 Å². The molecule has 0 bridgehead atoms. The normalized spacial score (nSPS) is 10.6. The van der Waals surface area contributed by atoms with Gasteiger partial charge in [-0.05, 0) is 29.2 Å². The maximum atomic E-state index is 14.0. The molecule has 1 nitrogen and oxygen atoms in total. The summed E-state index contributed by atoms with van der Waals surface area (Å²) in [5, 5.41) is 0. The second-order valence-electron chi connectivity index (χ2n) is 4.19. The molecule has 0 amide bonds. The molecule has 0 saturated heterocycles. The fourth-order valence-corrected chi connectivity index (χ4v) is 1.76. The maximum absolute atomic E-state index is 14.0. The van der Waals surface area contributed by atoms with Crippen molar-refractivity contribution in [3.63, 3.8) is 0 Å². The molecule has 2 aromatic rings. The van der Waals surface area contributed by atoms with Crippen LogP contribution in [-0.4, -0.2) is 66.3 Å². The van der Waals surface area contributed by atoms with E-state index >= 15 is 0 Å². The van der Waals surface area contributed by atoms with E-state index in [0.717, 1.165) is 13.2 Å². The average molecular weight is 331 g/mol. The van der Waals surface area contributed by atoms with Crippen molar-refractivity contribution in [1.82, 2.24) is 0 Å². The van der Waals surface area contributed by atoms with Crippen LogP contribution in [0.15, 0.2) is 24.3 Å². The summed E-state index contributed by atoms with van der Waals surface area (Å²) in [6, 6.07) is 5.25. The predicted octanol–water partition coefficient (Wildman–Crippen LogP) is 2.84. The number of benzene rings is 2. The van der Waals surface area contributed by atoms with Gasteiger partial charge < -0.3 is 4.74 Å². The molecule has 0 fully saturated rings. The molecule has 0 aliphatic rings. The zero-order chi connectivity index (χ0) is 15.6. The van der Waals surface area contributed by atoms with Gasteiger partial charge in [-0.25, -0.2) is 17.6 Å². The van der Waals surface area contributed by atoms with Crippen LogP contribution in [0.2, 0.25) is 0 Å². The third kappa shape index (κ3) is 4.02. The smallest absolute Gasteiger partial charge is 0.190 e. The van der Waals surface area contributed by atoms with Gasteiger partial charge in [0, 0.05) is 56.9 Å². The van der Waals surface area contributed by atoms with E-state index in [2.05, 4.69) is 4.74 Å². The van der Waals surface area contributed by atoms with Gasteiger partial charge in [0.05, 0.1) is 7.11 Å². The molecule has 0 N–H and O–H groups in total. The minimum Gasteiger partial charge on any atom is -0.491 e. The summed E-state index contributed by atoms with van der Waals surface area (Å²) in [5.74, 6) is -4.89. The van der Waals surface area contributed by atoms with E-state index in [1.54, 1.807) is 0 Å². The Hall–Kier alpha value is -0.599. The number of ether oxygens (including phenoxy) is 1. The van der Waals surface area contributed by atoms with Gasteiger partial charge in [-0.15, -0.1) is 0 Å². The number of halogens is 4.